The van der Waals surface area contributed by atoms with E-state index in [0.717, 1.165) is 5.69 Å². The Balaban J connectivity index is 2.27. The first-order valence-corrected chi connectivity index (χ1v) is 8.02. The molecule has 1 amide bonds. The van der Waals surface area contributed by atoms with Gasteiger partial charge in [0.15, 0.2) is 6.19 Å². The summed E-state index contributed by atoms with van der Waals surface area (Å²) >= 11 is 1.55. The molecule has 0 atom stereocenters. The van der Waals surface area contributed by atoms with Crippen LogP contribution in [0.2, 0.25) is 0 Å². The quantitative estimate of drug-likeness (QED) is 0.371. The average molecular weight is 312 g/mol. The van der Waals surface area contributed by atoms with E-state index in [-0.39, 0.29) is 5.91 Å². The molecular formula is C16H16N4OS. The molecule has 0 aliphatic rings. The molecule has 0 bridgehead atoms. The summed E-state index contributed by atoms with van der Waals surface area (Å²) in [6, 6.07) is 16.4. The molecule has 2 aromatic rings. The van der Waals surface area contributed by atoms with Crippen molar-refractivity contribution in [2.24, 2.45) is 0 Å². The first kappa shape index (κ1) is 15.7. The van der Waals surface area contributed by atoms with Gasteiger partial charge in [0.25, 0.3) is 5.91 Å². The molecule has 0 heterocycles. The van der Waals surface area contributed by atoms with Crippen LogP contribution in [0, 0.1) is 11.5 Å². The summed E-state index contributed by atoms with van der Waals surface area (Å²) in [4.78, 5) is 12.5. The van der Waals surface area contributed by atoms with Crippen LogP contribution in [0.4, 0.5) is 11.4 Å². The number of carbonyl (C=O) groups is 1. The lowest BCUT2D eigenvalue weighted by Crippen LogP contribution is -2.35. The minimum absolute atomic E-state index is 0.215. The zero-order valence-electron chi connectivity index (χ0n) is 12.1. The molecule has 2 rings (SSSR count). The molecule has 0 radical (unpaired) electrons. The molecule has 0 aliphatic heterocycles. The van der Waals surface area contributed by atoms with Gasteiger partial charge in [-0.05, 0) is 30.5 Å². The van der Waals surface area contributed by atoms with Crippen LogP contribution in [0.1, 0.15) is 10.4 Å². The van der Waals surface area contributed by atoms with Gasteiger partial charge >= 0.3 is 0 Å². The summed E-state index contributed by atoms with van der Waals surface area (Å²) in [7, 11) is 0. The zero-order chi connectivity index (χ0) is 15.8. The number of rotatable bonds is 6. The van der Waals surface area contributed by atoms with Crippen LogP contribution >= 0.6 is 11.8 Å². The standard InChI is InChI=1S/C16H16N4OS/c1-22-12-20(18-11-17)15-10-6-5-9-14(15)16(21)19-13-7-3-2-4-8-13/h2-10,18H,12H2,1H3,(H,19,21). The number of para-hydroxylation sites is 2. The summed E-state index contributed by atoms with van der Waals surface area (Å²) in [5, 5.41) is 13.4. The van der Waals surface area contributed by atoms with Gasteiger partial charge in [0.2, 0.25) is 0 Å². The molecule has 0 unspecified atom stereocenters. The van der Waals surface area contributed by atoms with E-state index >= 15 is 0 Å². The number of nitriles is 1. The smallest absolute Gasteiger partial charge is 0.257 e. The van der Waals surface area contributed by atoms with E-state index in [1.807, 2.05) is 48.8 Å². The van der Waals surface area contributed by atoms with Gasteiger partial charge in [0.05, 0.1) is 17.1 Å². The highest BCUT2D eigenvalue weighted by Crippen LogP contribution is 2.21. The van der Waals surface area contributed by atoms with Crippen molar-refractivity contribution in [3.05, 3.63) is 60.2 Å². The van der Waals surface area contributed by atoms with Crippen molar-refractivity contribution in [1.29, 1.82) is 5.26 Å². The molecule has 2 aromatic carbocycles. The van der Waals surface area contributed by atoms with Gasteiger partial charge in [-0.2, -0.15) is 5.26 Å². The Bertz CT molecular complexity index is 669. The first-order valence-electron chi connectivity index (χ1n) is 6.63. The van der Waals surface area contributed by atoms with E-state index in [0.29, 0.717) is 17.1 Å². The highest BCUT2D eigenvalue weighted by Gasteiger charge is 2.16. The largest absolute Gasteiger partial charge is 0.322 e. The van der Waals surface area contributed by atoms with Crippen LogP contribution in [0.25, 0.3) is 0 Å². The van der Waals surface area contributed by atoms with Gasteiger partial charge in [-0.3, -0.25) is 9.80 Å². The second-order valence-electron chi connectivity index (χ2n) is 4.41. The Morgan fingerprint density at radius 1 is 1.18 bits per heavy atom. The Morgan fingerprint density at radius 2 is 1.86 bits per heavy atom. The lowest BCUT2D eigenvalue weighted by molar-refractivity contribution is 0.102. The maximum atomic E-state index is 12.5. The first-order chi connectivity index (χ1) is 10.8. The van der Waals surface area contributed by atoms with Gasteiger partial charge in [-0.1, -0.05) is 30.3 Å². The molecule has 0 saturated heterocycles. The Labute approximate surface area is 133 Å². The number of hydrogen-bond donors (Lipinski definition) is 2. The van der Waals surface area contributed by atoms with Crippen LogP contribution in [-0.4, -0.2) is 18.0 Å². The molecule has 5 nitrogen and oxygen atoms in total. The fourth-order valence-electron chi connectivity index (χ4n) is 1.97. The Kier molecular flexibility index (Phi) is 5.69. The molecule has 22 heavy (non-hydrogen) atoms. The second kappa shape index (κ2) is 7.96. The number of thioether (sulfide) groups is 1. The predicted octanol–water partition coefficient (Wildman–Crippen LogP) is 3.05. The minimum atomic E-state index is -0.215. The number of amides is 1. The summed E-state index contributed by atoms with van der Waals surface area (Å²) in [6.45, 7) is 0. The monoisotopic (exact) mass is 312 g/mol. The second-order valence-corrected chi connectivity index (χ2v) is 5.24. The number of benzene rings is 2. The molecule has 0 saturated carbocycles. The van der Waals surface area contributed by atoms with E-state index in [1.165, 1.54) is 0 Å². The number of hydrazine groups is 1. The van der Waals surface area contributed by atoms with Crippen molar-refractivity contribution in [3.63, 3.8) is 0 Å². The predicted molar refractivity (Wildman–Crippen MR) is 90.4 cm³/mol. The van der Waals surface area contributed by atoms with Crippen molar-refractivity contribution < 1.29 is 4.79 Å². The van der Waals surface area contributed by atoms with Crippen LogP contribution < -0.4 is 15.8 Å². The molecular weight excluding hydrogens is 296 g/mol. The third kappa shape index (κ3) is 3.93. The van der Waals surface area contributed by atoms with Gasteiger partial charge in [0.1, 0.15) is 0 Å². The van der Waals surface area contributed by atoms with Gasteiger partial charge < -0.3 is 5.32 Å². The Morgan fingerprint density at radius 3 is 2.55 bits per heavy atom. The number of hydrogen-bond acceptors (Lipinski definition) is 5. The summed E-state index contributed by atoms with van der Waals surface area (Å²) in [5.41, 5.74) is 4.49. The van der Waals surface area contributed by atoms with Gasteiger partial charge in [-0.25, -0.2) is 5.43 Å². The maximum Gasteiger partial charge on any atom is 0.257 e. The third-order valence-electron chi connectivity index (χ3n) is 2.91. The van der Waals surface area contributed by atoms with Crippen molar-refractivity contribution in [2.45, 2.75) is 0 Å². The lowest BCUT2D eigenvalue weighted by Gasteiger charge is -2.23. The molecule has 0 fully saturated rings. The molecule has 0 spiro atoms. The summed E-state index contributed by atoms with van der Waals surface area (Å²) in [5.74, 6) is 0.330. The number of nitrogens with one attached hydrogen (secondary N) is 2. The SMILES string of the molecule is CSCN(NC#N)c1ccccc1C(=O)Nc1ccccc1. The van der Waals surface area contributed by atoms with Crippen molar-refractivity contribution in [1.82, 2.24) is 5.43 Å². The molecule has 0 aliphatic carbocycles. The van der Waals surface area contributed by atoms with Crippen molar-refractivity contribution in [3.8, 4) is 6.19 Å². The summed E-state index contributed by atoms with van der Waals surface area (Å²) < 4.78 is 0. The fourth-order valence-corrected chi connectivity index (χ4v) is 2.43. The van der Waals surface area contributed by atoms with Crippen LogP contribution in [0.15, 0.2) is 54.6 Å². The van der Waals surface area contributed by atoms with Crippen LogP contribution in [0.5, 0.6) is 0 Å². The Hall–Kier alpha value is -2.65. The zero-order valence-corrected chi connectivity index (χ0v) is 12.9. The van der Waals surface area contributed by atoms with E-state index < -0.39 is 0 Å². The average Bonchev–Trinajstić information content (AvgIpc) is 2.55. The number of carbonyl (C=O) groups excluding carboxylic acids is 1. The van der Waals surface area contributed by atoms with Gasteiger partial charge in [-0.15, -0.1) is 11.8 Å². The topological polar surface area (TPSA) is 68.2 Å². The lowest BCUT2D eigenvalue weighted by atomic mass is 10.1. The van der Waals surface area contributed by atoms with Crippen LogP contribution in [0.3, 0.4) is 0 Å². The molecule has 6 heteroatoms. The number of anilines is 2. The summed E-state index contributed by atoms with van der Waals surface area (Å²) in [6.07, 6.45) is 3.83. The third-order valence-corrected chi connectivity index (χ3v) is 3.43. The molecule has 2 N–H and O–H groups in total. The van der Waals surface area contributed by atoms with Gasteiger partial charge in [0, 0.05) is 5.69 Å². The minimum Gasteiger partial charge on any atom is -0.322 e. The van der Waals surface area contributed by atoms with E-state index in [4.69, 9.17) is 5.26 Å². The molecule has 0 aromatic heterocycles. The fraction of sp³-hybridized carbons (Fsp3) is 0.125. The van der Waals surface area contributed by atoms with Crippen molar-refractivity contribution >= 4 is 29.0 Å². The van der Waals surface area contributed by atoms with E-state index in [1.54, 1.807) is 35.0 Å². The van der Waals surface area contributed by atoms with E-state index in [2.05, 4.69) is 10.7 Å². The number of nitrogens with zero attached hydrogens (tertiary/aromatic N) is 2. The highest BCUT2D eigenvalue weighted by molar-refractivity contribution is 7.98. The van der Waals surface area contributed by atoms with E-state index in [9.17, 15) is 4.79 Å². The van der Waals surface area contributed by atoms with Crippen molar-refractivity contribution in [2.75, 3.05) is 22.5 Å². The van der Waals surface area contributed by atoms with Crippen LogP contribution in [-0.2, 0) is 0 Å². The maximum absolute atomic E-state index is 12.5. The normalized spacial score (nSPS) is 9.64. The molecule has 112 valence electrons. The highest BCUT2D eigenvalue weighted by atomic mass is 32.2.